The van der Waals surface area contributed by atoms with Crippen LogP contribution in [-0.4, -0.2) is 34.6 Å². The summed E-state index contributed by atoms with van der Waals surface area (Å²) in [5.74, 6) is -0.150. The topological polar surface area (TPSA) is 88.5 Å². The van der Waals surface area contributed by atoms with Gasteiger partial charge in [0.25, 0.3) is 0 Å². The van der Waals surface area contributed by atoms with Crippen LogP contribution < -0.4 is 5.32 Å². The van der Waals surface area contributed by atoms with Gasteiger partial charge in [0.05, 0.1) is 11.3 Å². The number of hydrogen-bond acceptors (Lipinski definition) is 5. The van der Waals surface area contributed by atoms with Gasteiger partial charge in [0, 0.05) is 19.2 Å². The predicted octanol–water partition coefficient (Wildman–Crippen LogP) is 1.67. The van der Waals surface area contributed by atoms with Crippen molar-refractivity contribution < 1.29 is 19.4 Å². The number of pyridine rings is 1. The maximum atomic E-state index is 11.4. The van der Waals surface area contributed by atoms with Crippen LogP contribution in [-0.2, 0) is 11.2 Å². The van der Waals surface area contributed by atoms with Gasteiger partial charge in [-0.3, -0.25) is 9.78 Å². The van der Waals surface area contributed by atoms with E-state index in [0.29, 0.717) is 18.4 Å². The van der Waals surface area contributed by atoms with E-state index in [2.05, 4.69) is 10.3 Å². The third-order valence-corrected chi connectivity index (χ3v) is 2.19. The lowest BCUT2D eigenvalue weighted by atomic mass is 10.2. The SMILES string of the molecule is CC(C)(C)OC(=O)NCCc1nccc(C=O)c1O. The molecule has 0 unspecified atom stereocenters. The minimum absolute atomic E-state index is 0.150. The van der Waals surface area contributed by atoms with Gasteiger partial charge < -0.3 is 15.2 Å². The van der Waals surface area contributed by atoms with Crippen LogP contribution in [0.15, 0.2) is 12.3 Å². The molecule has 0 saturated carbocycles. The smallest absolute Gasteiger partial charge is 0.407 e. The van der Waals surface area contributed by atoms with Crippen LogP contribution in [0.4, 0.5) is 4.79 Å². The highest BCUT2D eigenvalue weighted by Crippen LogP contribution is 2.18. The quantitative estimate of drug-likeness (QED) is 0.809. The van der Waals surface area contributed by atoms with Crippen LogP contribution in [0.2, 0.25) is 0 Å². The number of carbonyl (C=O) groups is 2. The fourth-order valence-corrected chi connectivity index (χ4v) is 1.39. The Morgan fingerprint density at radius 2 is 2.21 bits per heavy atom. The van der Waals surface area contributed by atoms with Crippen LogP contribution in [0.5, 0.6) is 5.75 Å². The highest BCUT2D eigenvalue weighted by molar-refractivity contribution is 5.79. The number of aromatic hydroxyl groups is 1. The second-order valence-corrected chi connectivity index (χ2v) is 4.99. The number of hydrogen-bond donors (Lipinski definition) is 2. The summed E-state index contributed by atoms with van der Waals surface area (Å²) in [6.45, 7) is 5.58. The van der Waals surface area contributed by atoms with Crippen molar-refractivity contribution >= 4 is 12.4 Å². The number of ether oxygens (including phenoxy) is 1. The fourth-order valence-electron chi connectivity index (χ4n) is 1.39. The molecular weight excluding hydrogens is 248 g/mol. The second-order valence-electron chi connectivity index (χ2n) is 4.99. The standard InChI is InChI=1S/C13H18N2O4/c1-13(2,3)19-12(18)15-7-5-10-11(17)9(8-16)4-6-14-10/h4,6,8,17H,5,7H2,1-3H3,(H,15,18). The third kappa shape index (κ3) is 4.95. The van der Waals surface area contributed by atoms with E-state index in [0.717, 1.165) is 0 Å². The van der Waals surface area contributed by atoms with Gasteiger partial charge in [0.1, 0.15) is 11.4 Å². The molecule has 19 heavy (non-hydrogen) atoms. The van der Waals surface area contributed by atoms with E-state index in [1.54, 1.807) is 20.8 Å². The Balaban J connectivity index is 2.50. The molecule has 0 aliphatic heterocycles. The number of carbonyl (C=O) groups excluding carboxylic acids is 2. The fraction of sp³-hybridized carbons (Fsp3) is 0.462. The molecule has 1 heterocycles. The highest BCUT2D eigenvalue weighted by atomic mass is 16.6. The summed E-state index contributed by atoms with van der Waals surface area (Å²) >= 11 is 0. The highest BCUT2D eigenvalue weighted by Gasteiger charge is 2.16. The molecule has 6 nitrogen and oxygen atoms in total. The first-order valence-electron chi connectivity index (χ1n) is 5.92. The average Bonchev–Trinajstić information content (AvgIpc) is 2.29. The first kappa shape index (κ1) is 14.9. The van der Waals surface area contributed by atoms with Gasteiger partial charge in [-0.05, 0) is 26.8 Å². The maximum absolute atomic E-state index is 11.4. The largest absolute Gasteiger partial charge is 0.505 e. The Kier molecular flexibility index (Phi) is 4.86. The number of rotatable bonds is 4. The third-order valence-electron chi connectivity index (χ3n) is 2.19. The number of aldehydes is 1. The zero-order chi connectivity index (χ0) is 14.5. The summed E-state index contributed by atoms with van der Waals surface area (Å²) in [4.78, 5) is 26.0. The van der Waals surface area contributed by atoms with Crippen molar-refractivity contribution in [3.05, 3.63) is 23.5 Å². The predicted molar refractivity (Wildman–Crippen MR) is 69.2 cm³/mol. The molecule has 6 heteroatoms. The Hall–Kier alpha value is -2.11. The number of nitrogens with zero attached hydrogens (tertiary/aromatic N) is 1. The summed E-state index contributed by atoms with van der Waals surface area (Å²) in [6, 6.07) is 1.42. The lowest BCUT2D eigenvalue weighted by Gasteiger charge is -2.19. The molecular formula is C13H18N2O4. The summed E-state index contributed by atoms with van der Waals surface area (Å²) in [6.07, 6.45) is 1.78. The summed E-state index contributed by atoms with van der Waals surface area (Å²) in [5, 5.41) is 12.3. The van der Waals surface area contributed by atoms with E-state index in [4.69, 9.17) is 4.74 Å². The van der Waals surface area contributed by atoms with E-state index < -0.39 is 11.7 Å². The molecule has 104 valence electrons. The zero-order valence-electron chi connectivity index (χ0n) is 11.3. The summed E-state index contributed by atoms with van der Waals surface area (Å²) < 4.78 is 5.06. The minimum Gasteiger partial charge on any atom is -0.505 e. The lowest BCUT2D eigenvalue weighted by Crippen LogP contribution is -2.33. The van der Waals surface area contributed by atoms with Gasteiger partial charge >= 0.3 is 6.09 Å². The molecule has 0 saturated heterocycles. The summed E-state index contributed by atoms with van der Waals surface area (Å²) in [5.41, 5.74) is -0.00929. The molecule has 1 rings (SSSR count). The number of alkyl carbamates (subject to hydrolysis) is 1. The van der Waals surface area contributed by atoms with E-state index in [1.165, 1.54) is 12.3 Å². The van der Waals surface area contributed by atoms with Gasteiger partial charge in [-0.25, -0.2) is 4.79 Å². The van der Waals surface area contributed by atoms with Gasteiger partial charge in [0.15, 0.2) is 6.29 Å². The molecule has 0 aliphatic rings. The first-order valence-corrected chi connectivity index (χ1v) is 5.92. The van der Waals surface area contributed by atoms with Gasteiger partial charge in [-0.15, -0.1) is 0 Å². The molecule has 0 bridgehead atoms. The Labute approximate surface area is 111 Å². The minimum atomic E-state index is -0.554. The van der Waals surface area contributed by atoms with Crippen molar-refractivity contribution in [1.29, 1.82) is 0 Å². The Bertz CT molecular complexity index is 466. The van der Waals surface area contributed by atoms with Crippen LogP contribution in [0, 0.1) is 0 Å². The maximum Gasteiger partial charge on any atom is 0.407 e. The average molecular weight is 266 g/mol. The molecule has 1 aromatic rings. The van der Waals surface area contributed by atoms with E-state index >= 15 is 0 Å². The van der Waals surface area contributed by atoms with Crippen LogP contribution in [0.3, 0.4) is 0 Å². The molecule has 0 atom stereocenters. The summed E-state index contributed by atoms with van der Waals surface area (Å²) in [7, 11) is 0. The van der Waals surface area contributed by atoms with Gasteiger partial charge in [-0.2, -0.15) is 0 Å². The normalized spacial score (nSPS) is 10.9. The van der Waals surface area contributed by atoms with E-state index in [-0.39, 0.29) is 17.9 Å². The monoisotopic (exact) mass is 266 g/mol. The van der Waals surface area contributed by atoms with Gasteiger partial charge in [0.2, 0.25) is 0 Å². The van der Waals surface area contributed by atoms with Crippen LogP contribution in [0.25, 0.3) is 0 Å². The van der Waals surface area contributed by atoms with Crippen molar-refractivity contribution in [1.82, 2.24) is 10.3 Å². The van der Waals surface area contributed by atoms with Gasteiger partial charge in [-0.1, -0.05) is 0 Å². The van der Waals surface area contributed by atoms with Crippen LogP contribution >= 0.6 is 0 Å². The molecule has 0 aliphatic carbocycles. The molecule has 0 spiro atoms. The molecule has 0 radical (unpaired) electrons. The lowest BCUT2D eigenvalue weighted by molar-refractivity contribution is 0.0528. The number of aromatic nitrogens is 1. The second kappa shape index (κ2) is 6.17. The molecule has 0 aromatic carbocycles. The van der Waals surface area contributed by atoms with Crippen molar-refractivity contribution in [2.24, 2.45) is 0 Å². The first-order chi connectivity index (χ1) is 8.83. The Morgan fingerprint density at radius 3 is 2.79 bits per heavy atom. The number of nitrogens with one attached hydrogen (secondary N) is 1. The zero-order valence-corrected chi connectivity index (χ0v) is 11.3. The van der Waals surface area contributed by atoms with Crippen molar-refractivity contribution in [2.45, 2.75) is 32.8 Å². The van der Waals surface area contributed by atoms with Crippen molar-refractivity contribution in [3.63, 3.8) is 0 Å². The van der Waals surface area contributed by atoms with E-state index in [9.17, 15) is 14.7 Å². The molecule has 2 N–H and O–H groups in total. The molecule has 1 amide bonds. The van der Waals surface area contributed by atoms with Crippen molar-refractivity contribution in [2.75, 3.05) is 6.54 Å². The molecule has 0 fully saturated rings. The van der Waals surface area contributed by atoms with E-state index in [1.807, 2.05) is 0 Å². The number of amides is 1. The Morgan fingerprint density at radius 1 is 1.53 bits per heavy atom. The van der Waals surface area contributed by atoms with Crippen molar-refractivity contribution in [3.8, 4) is 5.75 Å². The molecule has 1 aromatic heterocycles. The van der Waals surface area contributed by atoms with Crippen LogP contribution in [0.1, 0.15) is 36.8 Å².